The van der Waals surface area contributed by atoms with E-state index in [1.807, 2.05) is 0 Å². The van der Waals surface area contributed by atoms with Crippen molar-refractivity contribution < 1.29 is 22.4 Å². The molecule has 2 heterocycles. The molecular formula is C22H14B2F4N4O. The maximum Gasteiger partial charge on any atom is 0.255 e. The van der Waals surface area contributed by atoms with Gasteiger partial charge in [0.25, 0.3) is 5.91 Å². The van der Waals surface area contributed by atoms with Crippen LogP contribution in [0.25, 0.3) is 11.1 Å². The van der Waals surface area contributed by atoms with Gasteiger partial charge in [0.1, 0.15) is 11.6 Å². The zero-order valence-electron chi connectivity index (χ0n) is 17.2. The highest BCUT2D eigenvalue weighted by Gasteiger charge is 2.43. The number of carbonyl (C=O) groups excluding carboxylic acids is 1. The number of aromatic nitrogens is 1. The summed E-state index contributed by atoms with van der Waals surface area (Å²) >= 11 is 0. The first-order valence-corrected chi connectivity index (χ1v) is 9.61. The standard InChI is InChI=1S/C22H14B2F4N4O/c1-30-8-13-12(7-17(27)18(28)19(13)29)10-5-15(25)14(16(26)6-10)9-32-21(33)11-3-2-4-31-20(11)22(32,23)24/h2-8H,9,29H2,1H3. The molecule has 33 heavy (non-hydrogen) atoms. The van der Waals surface area contributed by atoms with Crippen molar-refractivity contribution in [2.24, 2.45) is 4.99 Å². The number of hydrogen-bond donors (Lipinski definition) is 1. The SMILES string of the molecule is [B]C1([B])c2ncccc2C(=O)N1Cc1c(F)cc(-c2cc(F)c(F)c(N)c2C=NC)cc1F. The Labute approximate surface area is 189 Å². The molecule has 0 spiro atoms. The number of rotatable bonds is 4. The lowest BCUT2D eigenvalue weighted by Crippen LogP contribution is -2.45. The smallest absolute Gasteiger partial charge is 0.255 e. The molecule has 0 saturated heterocycles. The van der Waals surface area contributed by atoms with E-state index in [1.54, 1.807) is 0 Å². The summed E-state index contributed by atoms with van der Waals surface area (Å²) in [4.78, 5) is 21.4. The molecule has 2 aromatic carbocycles. The van der Waals surface area contributed by atoms with Crippen molar-refractivity contribution in [2.45, 2.75) is 11.9 Å². The van der Waals surface area contributed by atoms with Crippen molar-refractivity contribution in [3.05, 3.63) is 82.2 Å². The third-order valence-electron chi connectivity index (χ3n) is 5.43. The lowest BCUT2D eigenvalue weighted by Gasteiger charge is -2.33. The van der Waals surface area contributed by atoms with Crippen LogP contribution in [0, 0.1) is 23.3 Å². The van der Waals surface area contributed by atoms with E-state index < -0.39 is 52.3 Å². The molecule has 4 rings (SSSR count). The van der Waals surface area contributed by atoms with Crippen molar-refractivity contribution in [1.29, 1.82) is 0 Å². The van der Waals surface area contributed by atoms with E-state index in [1.165, 1.54) is 25.4 Å². The highest BCUT2D eigenvalue weighted by molar-refractivity contribution is 6.42. The topological polar surface area (TPSA) is 71.6 Å². The monoisotopic (exact) mass is 448 g/mol. The molecular weight excluding hydrogens is 434 g/mol. The Bertz CT molecular complexity index is 1310. The van der Waals surface area contributed by atoms with Gasteiger partial charge in [-0.15, -0.1) is 0 Å². The lowest BCUT2D eigenvalue weighted by molar-refractivity contribution is 0.0727. The molecule has 0 unspecified atom stereocenters. The Hall–Kier alpha value is -3.62. The Balaban J connectivity index is 1.77. The fraction of sp³-hybridized carbons (Fsp3) is 0.136. The Morgan fingerprint density at radius 2 is 1.79 bits per heavy atom. The Morgan fingerprint density at radius 3 is 2.39 bits per heavy atom. The van der Waals surface area contributed by atoms with Crippen molar-refractivity contribution in [1.82, 2.24) is 9.88 Å². The second-order valence-corrected chi connectivity index (χ2v) is 7.47. The number of nitrogens with two attached hydrogens (primary N) is 1. The molecule has 3 aromatic rings. The molecule has 0 bridgehead atoms. The highest BCUT2D eigenvalue weighted by Crippen LogP contribution is 2.36. The van der Waals surface area contributed by atoms with E-state index in [2.05, 4.69) is 9.98 Å². The fourth-order valence-corrected chi connectivity index (χ4v) is 3.78. The summed E-state index contributed by atoms with van der Waals surface area (Å²) in [5.74, 6) is -5.33. The average molecular weight is 448 g/mol. The van der Waals surface area contributed by atoms with Crippen molar-refractivity contribution >= 4 is 33.5 Å². The number of anilines is 1. The lowest BCUT2D eigenvalue weighted by atomic mass is 9.59. The van der Waals surface area contributed by atoms with Crippen LogP contribution in [-0.4, -0.2) is 44.7 Å². The van der Waals surface area contributed by atoms with E-state index in [0.717, 1.165) is 29.3 Å². The largest absolute Gasteiger partial charge is 0.396 e. The van der Waals surface area contributed by atoms with Gasteiger partial charge in [-0.25, -0.2) is 17.6 Å². The van der Waals surface area contributed by atoms with Crippen molar-refractivity contribution in [3.8, 4) is 11.1 Å². The van der Waals surface area contributed by atoms with E-state index in [0.29, 0.717) is 0 Å². The fourth-order valence-electron chi connectivity index (χ4n) is 3.78. The van der Waals surface area contributed by atoms with Gasteiger partial charge in [0, 0.05) is 35.9 Å². The zero-order valence-corrected chi connectivity index (χ0v) is 17.2. The van der Waals surface area contributed by atoms with Gasteiger partial charge >= 0.3 is 0 Å². The zero-order chi connectivity index (χ0) is 24.1. The van der Waals surface area contributed by atoms with Crippen LogP contribution in [0.15, 0.2) is 41.5 Å². The molecule has 162 valence electrons. The van der Waals surface area contributed by atoms with Gasteiger partial charge in [-0.1, -0.05) is 0 Å². The van der Waals surface area contributed by atoms with Crippen LogP contribution in [0.4, 0.5) is 23.2 Å². The second kappa shape index (κ2) is 8.06. The maximum absolute atomic E-state index is 15.0. The summed E-state index contributed by atoms with van der Waals surface area (Å²) in [6.07, 6.45) is 2.55. The first-order valence-electron chi connectivity index (χ1n) is 9.61. The highest BCUT2D eigenvalue weighted by atomic mass is 19.2. The molecule has 0 atom stereocenters. The Morgan fingerprint density at radius 1 is 1.12 bits per heavy atom. The minimum absolute atomic E-state index is 0.0397. The number of aliphatic imine (C=N–C) groups is 1. The van der Waals surface area contributed by atoms with Gasteiger partial charge in [0.15, 0.2) is 11.6 Å². The van der Waals surface area contributed by atoms with Gasteiger partial charge in [-0.2, -0.15) is 0 Å². The average Bonchev–Trinajstić information content (AvgIpc) is 2.96. The molecule has 11 heteroatoms. The van der Waals surface area contributed by atoms with Crippen LogP contribution in [0.3, 0.4) is 0 Å². The normalized spacial score (nSPS) is 14.8. The minimum atomic E-state index is -1.88. The van der Waals surface area contributed by atoms with Crippen molar-refractivity contribution in [2.75, 3.05) is 12.8 Å². The third kappa shape index (κ3) is 3.57. The van der Waals surface area contributed by atoms with E-state index >= 15 is 8.78 Å². The summed E-state index contributed by atoms with van der Waals surface area (Å²) in [7, 11) is 13.5. The summed E-state index contributed by atoms with van der Waals surface area (Å²) in [6.45, 7) is -0.594. The van der Waals surface area contributed by atoms with Crippen molar-refractivity contribution in [3.63, 3.8) is 0 Å². The molecule has 5 nitrogen and oxygen atoms in total. The number of hydrogen-bond acceptors (Lipinski definition) is 4. The van der Waals surface area contributed by atoms with Crippen LogP contribution in [0.2, 0.25) is 0 Å². The first kappa shape index (κ1) is 22.6. The molecule has 2 N–H and O–H groups in total. The minimum Gasteiger partial charge on any atom is -0.396 e. The van der Waals surface area contributed by atoms with Gasteiger partial charge in [-0.05, 0) is 41.5 Å². The van der Waals surface area contributed by atoms with Crippen LogP contribution in [0.1, 0.15) is 27.2 Å². The summed E-state index contributed by atoms with van der Waals surface area (Å²) in [6, 6.07) is 5.57. The van der Waals surface area contributed by atoms with Crippen LogP contribution < -0.4 is 5.73 Å². The van der Waals surface area contributed by atoms with Gasteiger partial charge in [0.2, 0.25) is 0 Å². The molecule has 0 saturated carbocycles. The quantitative estimate of drug-likeness (QED) is 0.289. The number of benzene rings is 2. The molecule has 1 aliphatic rings. The predicted octanol–water partition coefficient (Wildman–Crippen LogP) is 3.04. The number of nitrogens with zero attached hydrogens (tertiary/aromatic N) is 3. The summed E-state index contributed by atoms with van der Waals surface area (Å²) in [5.41, 5.74) is 4.57. The van der Waals surface area contributed by atoms with Gasteiger partial charge in [0.05, 0.1) is 39.2 Å². The van der Waals surface area contributed by atoms with E-state index in [-0.39, 0.29) is 27.9 Å². The summed E-state index contributed by atoms with van der Waals surface area (Å²) in [5, 5.41) is -1.88. The van der Waals surface area contributed by atoms with E-state index in [4.69, 9.17) is 21.4 Å². The van der Waals surface area contributed by atoms with E-state index in [9.17, 15) is 13.6 Å². The number of nitrogen functional groups attached to an aromatic ring is 1. The molecule has 0 fully saturated rings. The molecule has 4 radical (unpaired) electrons. The van der Waals surface area contributed by atoms with Crippen LogP contribution in [0.5, 0.6) is 0 Å². The number of halogens is 4. The maximum atomic E-state index is 15.0. The number of carbonyl (C=O) groups is 1. The molecule has 0 aliphatic carbocycles. The first-order chi connectivity index (χ1) is 15.6. The Kier molecular flexibility index (Phi) is 5.51. The van der Waals surface area contributed by atoms with Crippen LogP contribution >= 0.6 is 0 Å². The molecule has 1 aliphatic heterocycles. The number of pyridine rings is 1. The predicted molar refractivity (Wildman–Crippen MR) is 117 cm³/mol. The number of amides is 1. The van der Waals surface area contributed by atoms with Gasteiger partial charge in [-0.3, -0.25) is 14.8 Å². The summed E-state index contributed by atoms with van der Waals surface area (Å²) < 4.78 is 58.0. The molecule has 1 amide bonds. The van der Waals surface area contributed by atoms with Gasteiger partial charge < -0.3 is 10.6 Å². The second-order valence-electron chi connectivity index (χ2n) is 7.47. The molecule has 1 aromatic heterocycles. The third-order valence-corrected chi connectivity index (χ3v) is 5.43. The van der Waals surface area contributed by atoms with Crippen LogP contribution in [-0.2, 0) is 11.9 Å². The number of fused-ring (bicyclic) bond motifs is 1.